The van der Waals surface area contributed by atoms with E-state index in [1.165, 1.54) is 43.4 Å². The lowest BCUT2D eigenvalue weighted by Gasteiger charge is -2.25. The van der Waals surface area contributed by atoms with Crippen molar-refractivity contribution in [3.8, 4) is 23.0 Å². The molecule has 322 valence electrons. The SMILES string of the molecule is [B]C(=O)NCCCOc1cc(NC(=O)OCC=C)c(C(=O)N2CCC[C@H]2CO)cc1OC.[B]C(=O)NCCCOc1cc([N+](=O)[O-])c(C(=O)N2CCC[C@H]2CO)cc1OC. The second-order valence-corrected chi connectivity index (χ2v) is 13.3. The zero-order valence-corrected chi connectivity index (χ0v) is 33.6. The number of nitro groups is 1. The zero-order chi connectivity index (χ0) is 44.2. The minimum atomic E-state index is -0.763. The van der Waals surface area contributed by atoms with Crippen molar-refractivity contribution in [2.45, 2.75) is 50.6 Å². The van der Waals surface area contributed by atoms with Crippen molar-refractivity contribution in [2.75, 3.05) is 78.7 Å². The fourth-order valence-corrected chi connectivity index (χ4v) is 6.36. The molecular formula is C38H50B2N6O14. The Bertz CT molecular complexity index is 1840. The van der Waals surface area contributed by atoms with Crippen molar-refractivity contribution in [3.63, 3.8) is 0 Å². The molecule has 0 saturated carbocycles. The van der Waals surface area contributed by atoms with Gasteiger partial charge in [-0.2, -0.15) is 0 Å². The Morgan fingerprint density at radius 3 is 1.75 bits per heavy atom. The first-order valence-electron chi connectivity index (χ1n) is 19.1. The maximum absolute atomic E-state index is 13.2. The largest absolute Gasteiger partial charge is 0.493 e. The number of aliphatic hydroxyl groups excluding tert-OH is 2. The van der Waals surface area contributed by atoms with Crippen LogP contribution in [-0.2, 0) is 4.74 Å². The molecule has 4 rings (SSSR count). The second kappa shape index (κ2) is 24.8. The van der Waals surface area contributed by atoms with Gasteiger partial charge >= 0.3 is 6.09 Å². The summed E-state index contributed by atoms with van der Waals surface area (Å²) in [5, 5.41) is 38.0. The van der Waals surface area contributed by atoms with E-state index in [9.17, 15) is 44.3 Å². The summed E-state index contributed by atoms with van der Waals surface area (Å²) < 4.78 is 26.8. The van der Waals surface area contributed by atoms with E-state index < -0.39 is 34.2 Å². The number of ether oxygens (including phenoxy) is 5. The molecule has 60 heavy (non-hydrogen) atoms. The Morgan fingerprint density at radius 1 is 0.817 bits per heavy atom. The van der Waals surface area contributed by atoms with Crippen molar-refractivity contribution in [2.24, 2.45) is 0 Å². The van der Waals surface area contributed by atoms with Crippen LogP contribution in [0.15, 0.2) is 36.9 Å². The number of carbonyl (C=O) groups is 5. The second-order valence-electron chi connectivity index (χ2n) is 13.3. The summed E-state index contributed by atoms with van der Waals surface area (Å²) in [5.74, 6) is -1.28. The van der Waals surface area contributed by atoms with E-state index in [-0.39, 0.29) is 85.9 Å². The third-order valence-electron chi connectivity index (χ3n) is 9.27. The lowest BCUT2D eigenvalue weighted by Crippen LogP contribution is -2.38. The number of aliphatic hydroxyl groups is 2. The summed E-state index contributed by atoms with van der Waals surface area (Å²) in [6.45, 7) is 5.06. The molecule has 2 heterocycles. The van der Waals surface area contributed by atoms with Crippen LogP contribution in [-0.4, -0.2) is 156 Å². The van der Waals surface area contributed by atoms with Crippen LogP contribution in [0.1, 0.15) is 59.2 Å². The van der Waals surface area contributed by atoms with E-state index in [1.807, 2.05) is 0 Å². The van der Waals surface area contributed by atoms with Crippen molar-refractivity contribution < 1.29 is 62.8 Å². The van der Waals surface area contributed by atoms with Crippen LogP contribution in [0.4, 0.5) is 25.8 Å². The molecule has 0 spiro atoms. The van der Waals surface area contributed by atoms with Crippen LogP contribution >= 0.6 is 0 Å². The zero-order valence-electron chi connectivity index (χ0n) is 33.6. The number of carbonyl (C=O) groups excluding carboxylic acids is 5. The lowest BCUT2D eigenvalue weighted by atomic mass is 10.1. The first-order chi connectivity index (χ1) is 28.8. The average molecular weight is 836 g/mol. The Balaban J connectivity index is 0.000000323. The van der Waals surface area contributed by atoms with E-state index in [4.69, 9.17) is 39.4 Å². The molecule has 5 amide bonds. The smallest absolute Gasteiger partial charge is 0.411 e. The van der Waals surface area contributed by atoms with Gasteiger partial charge in [-0.05, 0) is 44.6 Å². The average Bonchev–Trinajstić information content (AvgIpc) is 3.92. The van der Waals surface area contributed by atoms with E-state index in [1.54, 1.807) is 4.90 Å². The molecule has 2 atom stereocenters. The summed E-state index contributed by atoms with van der Waals surface area (Å²) in [4.78, 5) is 73.5. The molecule has 2 fully saturated rings. The Morgan fingerprint density at radius 2 is 1.30 bits per heavy atom. The van der Waals surface area contributed by atoms with Gasteiger partial charge in [0.25, 0.3) is 17.5 Å². The standard InChI is InChI=1S/C21H28BN3O7.C17H22BN3O7/c1-3-9-32-21(29)24-16-12-18(31-10-5-7-23-20(22)28)17(30-2)11-15(16)19(27)25-8-4-6-14(25)13-26;1-27-14-8-12(16(23)20-6-2-4-11(20)10-22)13(21(25)26)9-15(14)28-7-3-5-19-17(18)24/h3,11-12,14,26H,1,4-10,13H2,2H3,(H,23,28)(H,24,29);8-9,11,22H,2-7,10H2,1H3,(H,19,24)/t14-;11-/m00/s1. The number of hydrogen-bond acceptors (Lipinski definition) is 14. The van der Waals surface area contributed by atoms with Gasteiger partial charge in [-0.1, -0.05) is 12.7 Å². The van der Waals surface area contributed by atoms with E-state index in [2.05, 4.69) is 22.5 Å². The molecule has 0 aliphatic carbocycles. The summed E-state index contributed by atoms with van der Waals surface area (Å²) in [7, 11) is 12.8. The molecule has 2 aromatic carbocycles. The van der Waals surface area contributed by atoms with Crippen LogP contribution in [0.5, 0.6) is 23.0 Å². The summed E-state index contributed by atoms with van der Waals surface area (Å²) in [6, 6.07) is 4.75. The molecule has 20 nitrogen and oxygen atoms in total. The van der Waals surface area contributed by atoms with Crippen LogP contribution in [0.3, 0.4) is 0 Å². The fraction of sp³-hybridized carbons (Fsp3) is 0.500. The van der Waals surface area contributed by atoms with Gasteiger partial charge in [0.15, 0.2) is 50.3 Å². The highest BCUT2D eigenvalue weighted by molar-refractivity contribution is 6.57. The fourth-order valence-electron chi connectivity index (χ4n) is 6.36. The van der Waals surface area contributed by atoms with Crippen LogP contribution < -0.4 is 34.9 Å². The Kier molecular flexibility index (Phi) is 20.0. The minimum Gasteiger partial charge on any atom is -0.493 e. The highest BCUT2D eigenvalue weighted by Gasteiger charge is 2.34. The molecule has 2 aromatic rings. The molecule has 2 aliphatic rings. The minimum absolute atomic E-state index is 0.000198. The predicted octanol–water partition coefficient (Wildman–Crippen LogP) is 2.52. The number of nitro benzene ring substituents is 1. The highest BCUT2D eigenvalue weighted by Crippen LogP contribution is 2.37. The van der Waals surface area contributed by atoms with E-state index in [0.29, 0.717) is 56.8 Å². The van der Waals surface area contributed by atoms with Gasteiger partial charge in [-0.3, -0.25) is 34.6 Å². The van der Waals surface area contributed by atoms with Crippen LogP contribution in [0, 0.1) is 10.1 Å². The quantitative estimate of drug-likeness (QED) is 0.0423. The molecule has 0 aromatic heterocycles. The first-order valence-corrected chi connectivity index (χ1v) is 19.1. The van der Waals surface area contributed by atoms with Gasteiger partial charge in [0.1, 0.15) is 12.2 Å². The van der Waals surface area contributed by atoms with Crippen LogP contribution in [0.2, 0.25) is 0 Å². The first kappa shape index (κ1) is 48.3. The summed E-state index contributed by atoms with van der Waals surface area (Å²) >= 11 is 0. The number of benzene rings is 2. The molecule has 2 saturated heterocycles. The monoisotopic (exact) mass is 836 g/mol. The maximum Gasteiger partial charge on any atom is 0.411 e. The number of nitrogens with zero attached hydrogens (tertiary/aromatic N) is 3. The van der Waals surface area contributed by atoms with Gasteiger partial charge < -0.3 is 54.3 Å². The molecule has 22 heteroatoms. The van der Waals surface area contributed by atoms with Crippen LogP contribution in [0.25, 0.3) is 0 Å². The number of nitrogens with one attached hydrogen (secondary N) is 3. The third-order valence-corrected chi connectivity index (χ3v) is 9.27. The molecule has 2 aliphatic heterocycles. The number of anilines is 1. The normalized spacial score (nSPS) is 15.5. The van der Waals surface area contributed by atoms with Crippen molar-refractivity contribution >= 4 is 56.6 Å². The van der Waals surface area contributed by atoms with Crippen molar-refractivity contribution in [3.05, 3.63) is 58.2 Å². The van der Waals surface area contributed by atoms with Crippen molar-refractivity contribution in [1.29, 1.82) is 0 Å². The number of rotatable bonds is 20. The predicted molar refractivity (Wildman–Crippen MR) is 219 cm³/mol. The molecular weight excluding hydrogens is 786 g/mol. The van der Waals surface area contributed by atoms with Crippen molar-refractivity contribution in [1.82, 2.24) is 20.4 Å². The highest BCUT2D eigenvalue weighted by atomic mass is 16.6. The number of methoxy groups -OCH3 is 2. The summed E-state index contributed by atoms with van der Waals surface area (Å²) in [6.07, 6.45) is 4.40. The van der Waals surface area contributed by atoms with E-state index >= 15 is 0 Å². The van der Waals surface area contributed by atoms with Gasteiger partial charge in [0.05, 0.1) is 75.0 Å². The Hall–Kier alpha value is -6.02. The topological polar surface area (TPSA) is 258 Å². The maximum atomic E-state index is 13.2. The number of hydrogen-bond donors (Lipinski definition) is 5. The lowest BCUT2D eigenvalue weighted by molar-refractivity contribution is -0.385. The molecule has 0 unspecified atom stereocenters. The van der Waals surface area contributed by atoms with E-state index in [0.717, 1.165) is 18.9 Å². The summed E-state index contributed by atoms with van der Waals surface area (Å²) in [5.41, 5.74) is -0.163. The van der Waals surface area contributed by atoms with Gasteiger partial charge in [0, 0.05) is 38.3 Å². The van der Waals surface area contributed by atoms with Gasteiger partial charge in [-0.25, -0.2) is 4.79 Å². The van der Waals surface area contributed by atoms with Gasteiger partial charge in [-0.15, -0.1) is 0 Å². The Labute approximate surface area is 349 Å². The molecule has 0 bridgehead atoms. The third kappa shape index (κ3) is 14.1. The van der Waals surface area contributed by atoms with Gasteiger partial charge in [0.2, 0.25) is 0 Å². The molecule has 4 radical (unpaired) electrons. The number of amides is 5. The number of likely N-dealkylation sites (tertiary alicyclic amines) is 2. The molecule has 5 N–H and O–H groups in total.